The molecule has 3 nitrogen and oxygen atoms in total. The van der Waals surface area contributed by atoms with Crippen molar-refractivity contribution < 1.29 is 0 Å². The first-order chi connectivity index (χ1) is 6.61. The third-order valence-corrected chi connectivity index (χ3v) is 2.54. The van der Waals surface area contributed by atoms with Crippen LogP contribution in [0.2, 0.25) is 0 Å². The summed E-state index contributed by atoms with van der Waals surface area (Å²) in [6.07, 6.45) is 3.78. The Labute approximate surface area is 84.6 Å². The first-order valence-corrected chi connectivity index (χ1v) is 4.90. The first kappa shape index (κ1) is 9.25. The molecule has 0 N–H and O–H groups in total. The molecule has 0 unspecified atom stereocenters. The Kier molecular flexibility index (Phi) is 2.06. The summed E-state index contributed by atoms with van der Waals surface area (Å²) in [4.78, 5) is 8.55. The van der Waals surface area contributed by atoms with Crippen molar-refractivity contribution in [1.29, 1.82) is 0 Å². The summed E-state index contributed by atoms with van der Waals surface area (Å²) in [6, 6.07) is 0.445. The van der Waals surface area contributed by atoms with Crippen molar-refractivity contribution in [3.05, 3.63) is 18.2 Å². The van der Waals surface area contributed by atoms with Crippen LogP contribution in [0.4, 0.5) is 0 Å². The lowest BCUT2D eigenvalue weighted by Crippen LogP contribution is -2.02. The molecule has 0 aromatic carbocycles. The molecule has 72 valence electrons. The molecule has 0 aliphatic carbocycles. The molecule has 0 radical (unpaired) electrons. The third-order valence-electron chi connectivity index (χ3n) is 2.54. The van der Waals surface area contributed by atoms with Gasteiger partial charge in [-0.3, -0.25) is 0 Å². The first-order valence-electron chi connectivity index (χ1n) is 4.90. The summed E-state index contributed by atoms with van der Waals surface area (Å²) < 4.78 is 2.19. The minimum absolute atomic E-state index is 0.445. The number of aryl methyl sites for hydroxylation is 1. The molecule has 0 amide bonds. The van der Waals surface area contributed by atoms with Crippen molar-refractivity contribution in [1.82, 2.24) is 14.5 Å². The number of nitrogens with zero attached hydrogens (tertiary/aromatic N) is 3. The Morgan fingerprint density at radius 2 is 2.07 bits per heavy atom. The van der Waals surface area contributed by atoms with Gasteiger partial charge in [-0.15, -0.1) is 0 Å². The second-order valence-corrected chi connectivity index (χ2v) is 3.97. The number of fused-ring (bicyclic) bond motifs is 1. The van der Waals surface area contributed by atoms with Gasteiger partial charge in [-0.25, -0.2) is 9.97 Å². The minimum atomic E-state index is 0.445. The van der Waals surface area contributed by atoms with Crippen molar-refractivity contribution in [3.63, 3.8) is 0 Å². The topological polar surface area (TPSA) is 30.7 Å². The van der Waals surface area contributed by atoms with Crippen LogP contribution in [0.25, 0.3) is 11.0 Å². The maximum absolute atomic E-state index is 4.34. The average molecular weight is 187 g/mol. The van der Waals surface area contributed by atoms with Crippen molar-refractivity contribution in [2.75, 3.05) is 0 Å². The second kappa shape index (κ2) is 3.12. The molecule has 0 aliphatic rings. The van der Waals surface area contributed by atoms with Gasteiger partial charge in [0.15, 0.2) is 0 Å². The van der Waals surface area contributed by atoms with Crippen LogP contribution < -0.4 is 5.46 Å². The van der Waals surface area contributed by atoms with Crippen LogP contribution in [0.5, 0.6) is 0 Å². The molecular weight excluding hydrogens is 173 g/mol. The quantitative estimate of drug-likeness (QED) is 0.611. The fourth-order valence-electron chi connectivity index (χ4n) is 1.85. The zero-order chi connectivity index (χ0) is 10.3. The predicted octanol–water partition coefficient (Wildman–Crippen LogP) is 0.579. The molecule has 0 atom stereocenters. The number of aromatic nitrogens is 3. The molecule has 14 heavy (non-hydrogen) atoms. The molecule has 0 saturated heterocycles. The van der Waals surface area contributed by atoms with Gasteiger partial charge in [0.2, 0.25) is 0 Å². The van der Waals surface area contributed by atoms with E-state index in [2.05, 4.69) is 42.4 Å². The van der Waals surface area contributed by atoms with Gasteiger partial charge in [-0.1, -0.05) is 5.46 Å². The van der Waals surface area contributed by atoms with E-state index in [-0.39, 0.29) is 0 Å². The molecule has 0 saturated carbocycles. The van der Waals surface area contributed by atoms with Gasteiger partial charge in [0.05, 0.1) is 0 Å². The molecule has 2 heterocycles. The van der Waals surface area contributed by atoms with Crippen molar-refractivity contribution in [2.45, 2.75) is 26.8 Å². The van der Waals surface area contributed by atoms with Crippen molar-refractivity contribution in [3.8, 4) is 0 Å². The Balaban J connectivity index is 2.84. The molecule has 0 fully saturated rings. The summed E-state index contributed by atoms with van der Waals surface area (Å²) >= 11 is 0. The minimum Gasteiger partial charge on any atom is -0.330 e. The van der Waals surface area contributed by atoms with Gasteiger partial charge < -0.3 is 4.57 Å². The van der Waals surface area contributed by atoms with Gasteiger partial charge in [0, 0.05) is 23.3 Å². The normalized spacial score (nSPS) is 11.4. The Morgan fingerprint density at radius 1 is 1.36 bits per heavy atom. The maximum Gasteiger partial charge on any atom is 0.143 e. The lowest BCUT2D eigenvalue weighted by Gasteiger charge is -2.07. The zero-order valence-electron chi connectivity index (χ0n) is 9.07. The van der Waals surface area contributed by atoms with Crippen LogP contribution in [0.15, 0.2) is 12.5 Å². The van der Waals surface area contributed by atoms with Crippen LogP contribution in [0.3, 0.4) is 0 Å². The van der Waals surface area contributed by atoms with E-state index < -0.39 is 0 Å². The van der Waals surface area contributed by atoms with Crippen molar-refractivity contribution >= 4 is 24.3 Å². The van der Waals surface area contributed by atoms with E-state index in [0.717, 1.165) is 11.3 Å². The second-order valence-electron chi connectivity index (χ2n) is 3.97. The van der Waals surface area contributed by atoms with Crippen LogP contribution >= 0.6 is 0 Å². The van der Waals surface area contributed by atoms with E-state index >= 15 is 0 Å². The molecule has 0 bridgehead atoms. The highest BCUT2D eigenvalue weighted by molar-refractivity contribution is 6.39. The summed E-state index contributed by atoms with van der Waals surface area (Å²) in [5.41, 5.74) is 3.36. The molecule has 0 spiro atoms. The molecule has 2 aromatic heterocycles. The van der Waals surface area contributed by atoms with Gasteiger partial charge in [0.25, 0.3) is 0 Å². The van der Waals surface area contributed by atoms with E-state index in [0.29, 0.717) is 6.04 Å². The van der Waals surface area contributed by atoms with E-state index in [4.69, 9.17) is 0 Å². The SMILES string of the molecule is Bc1cn(C(C)C)c2ncnc(C)c12. The Morgan fingerprint density at radius 3 is 2.71 bits per heavy atom. The van der Waals surface area contributed by atoms with Crippen molar-refractivity contribution in [2.24, 2.45) is 0 Å². The number of hydrogen-bond donors (Lipinski definition) is 0. The number of rotatable bonds is 1. The zero-order valence-corrected chi connectivity index (χ0v) is 9.07. The molecular formula is C10H14BN3. The van der Waals surface area contributed by atoms with Gasteiger partial charge in [0.1, 0.15) is 19.8 Å². The average Bonchev–Trinajstić information content (AvgIpc) is 2.45. The van der Waals surface area contributed by atoms with E-state index in [9.17, 15) is 0 Å². The lowest BCUT2D eigenvalue weighted by atomic mass is 9.96. The van der Waals surface area contributed by atoms with Gasteiger partial charge in [-0.2, -0.15) is 0 Å². The summed E-state index contributed by atoms with van der Waals surface area (Å²) in [5.74, 6) is 0. The van der Waals surface area contributed by atoms with Crippen LogP contribution in [0.1, 0.15) is 25.6 Å². The highest BCUT2D eigenvalue weighted by Gasteiger charge is 2.10. The molecule has 2 rings (SSSR count). The van der Waals surface area contributed by atoms with E-state index in [1.807, 2.05) is 6.92 Å². The summed E-state index contributed by atoms with van der Waals surface area (Å²) in [7, 11) is 2.11. The fraction of sp³-hybridized carbons (Fsp3) is 0.400. The van der Waals surface area contributed by atoms with Gasteiger partial charge in [-0.05, 0) is 20.8 Å². The smallest absolute Gasteiger partial charge is 0.143 e. The third kappa shape index (κ3) is 1.22. The molecule has 4 heteroatoms. The molecule has 0 aliphatic heterocycles. The van der Waals surface area contributed by atoms with E-state index in [1.165, 1.54) is 10.8 Å². The number of hydrogen-bond acceptors (Lipinski definition) is 2. The Hall–Kier alpha value is -1.32. The summed E-state index contributed by atoms with van der Waals surface area (Å²) in [5, 5.41) is 1.20. The largest absolute Gasteiger partial charge is 0.330 e. The lowest BCUT2D eigenvalue weighted by molar-refractivity contribution is 0.618. The van der Waals surface area contributed by atoms with Crippen LogP contribution in [-0.2, 0) is 0 Å². The van der Waals surface area contributed by atoms with Crippen LogP contribution in [0, 0.1) is 6.92 Å². The predicted molar refractivity (Wildman–Crippen MR) is 60.8 cm³/mol. The maximum atomic E-state index is 4.34. The standard InChI is InChI=1S/C10H14BN3/c1-6(2)14-4-8(11)9-7(3)12-5-13-10(9)14/h4-6H,11H2,1-3H3. The summed E-state index contributed by atoms with van der Waals surface area (Å²) in [6.45, 7) is 6.36. The highest BCUT2D eigenvalue weighted by Crippen LogP contribution is 2.16. The molecule has 2 aromatic rings. The monoisotopic (exact) mass is 187 g/mol. The van der Waals surface area contributed by atoms with E-state index in [1.54, 1.807) is 6.33 Å². The highest BCUT2D eigenvalue weighted by atomic mass is 15.1. The van der Waals surface area contributed by atoms with Crippen LogP contribution in [-0.4, -0.2) is 22.4 Å². The fourth-order valence-corrected chi connectivity index (χ4v) is 1.85. The Bertz CT molecular complexity index is 473. The van der Waals surface area contributed by atoms with Gasteiger partial charge >= 0.3 is 0 Å².